The van der Waals surface area contributed by atoms with Gasteiger partial charge < -0.3 is 10.6 Å². The molecular formula is C16H26N4O4. The third kappa shape index (κ3) is 5.50. The van der Waals surface area contributed by atoms with E-state index in [9.17, 15) is 20.2 Å². The summed E-state index contributed by atoms with van der Waals surface area (Å²) >= 11 is 0. The van der Waals surface area contributed by atoms with E-state index in [1.807, 2.05) is 0 Å². The zero-order chi connectivity index (χ0) is 17.4. The molecule has 0 heterocycles. The summed E-state index contributed by atoms with van der Waals surface area (Å²) in [5, 5.41) is 28.6. The summed E-state index contributed by atoms with van der Waals surface area (Å²) in [5.74, 6) is 0. The van der Waals surface area contributed by atoms with Crippen molar-refractivity contribution in [2.75, 3.05) is 0 Å². The van der Waals surface area contributed by atoms with Crippen LogP contribution in [0.5, 0.6) is 0 Å². The second kappa shape index (κ2) is 9.24. The van der Waals surface area contributed by atoms with Crippen molar-refractivity contribution in [3.05, 3.63) is 44.0 Å². The van der Waals surface area contributed by atoms with E-state index in [1.54, 1.807) is 0 Å². The van der Waals surface area contributed by atoms with Gasteiger partial charge in [-0.05, 0) is 25.7 Å². The summed E-state index contributed by atoms with van der Waals surface area (Å²) in [6.45, 7) is 0. The molecule has 2 rings (SSSR count). The Balaban J connectivity index is 2.07. The molecule has 0 unspecified atom stereocenters. The van der Waals surface area contributed by atoms with Crippen LogP contribution < -0.4 is 10.6 Å². The van der Waals surface area contributed by atoms with Crippen molar-refractivity contribution in [3.63, 3.8) is 0 Å². The molecule has 24 heavy (non-hydrogen) atoms. The fourth-order valence-electron chi connectivity index (χ4n) is 3.37. The molecule has 8 nitrogen and oxygen atoms in total. The van der Waals surface area contributed by atoms with Gasteiger partial charge in [-0.15, -0.1) is 0 Å². The third-order valence-corrected chi connectivity index (χ3v) is 4.78. The predicted molar refractivity (Wildman–Crippen MR) is 90.2 cm³/mol. The maximum Gasteiger partial charge on any atom is 0.363 e. The molecule has 8 heteroatoms. The van der Waals surface area contributed by atoms with Crippen molar-refractivity contribution >= 4 is 0 Å². The van der Waals surface area contributed by atoms with Gasteiger partial charge in [0.25, 0.3) is 0 Å². The van der Waals surface area contributed by atoms with E-state index < -0.39 is 21.2 Å². The summed E-state index contributed by atoms with van der Waals surface area (Å²) in [4.78, 5) is 21.2. The highest BCUT2D eigenvalue weighted by Gasteiger charge is 2.30. The van der Waals surface area contributed by atoms with Crippen LogP contribution in [-0.2, 0) is 0 Å². The first kappa shape index (κ1) is 18.2. The van der Waals surface area contributed by atoms with E-state index in [0.717, 1.165) is 51.4 Å². The number of nitro groups is 2. The summed E-state index contributed by atoms with van der Waals surface area (Å²) in [5.41, 5.74) is -0.984. The Labute approximate surface area is 141 Å². The molecule has 2 aliphatic carbocycles. The molecule has 2 fully saturated rings. The van der Waals surface area contributed by atoms with E-state index in [-0.39, 0.29) is 12.1 Å². The highest BCUT2D eigenvalue weighted by molar-refractivity contribution is 5.17. The molecule has 0 aromatic heterocycles. The lowest BCUT2D eigenvalue weighted by Gasteiger charge is -2.22. The molecular weight excluding hydrogens is 312 g/mol. The van der Waals surface area contributed by atoms with Crippen molar-refractivity contribution in [1.82, 2.24) is 10.6 Å². The first-order valence-electron chi connectivity index (χ1n) is 8.79. The minimum Gasteiger partial charge on any atom is -0.382 e. The molecule has 0 bridgehead atoms. The Bertz CT molecular complexity index is 460. The van der Waals surface area contributed by atoms with E-state index in [0.29, 0.717) is 0 Å². The summed E-state index contributed by atoms with van der Waals surface area (Å²) in [6.07, 6.45) is 12.9. The van der Waals surface area contributed by atoms with Gasteiger partial charge in [0.2, 0.25) is 0 Å². The van der Waals surface area contributed by atoms with Crippen molar-refractivity contribution in [2.24, 2.45) is 0 Å². The number of rotatable bonds is 7. The van der Waals surface area contributed by atoms with Crippen LogP contribution in [0.1, 0.15) is 64.2 Å². The van der Waals surface area contributed by atoms with E-state index in [4.69, 9.17) is 0 Å². The first-order valence-corrected chi connectivity index (χ1v) is 8.79. The normalized spacial score (nSPS) is 21.3. The Morgan fingerprint density at radius 3 is 1.33 bits per heavy atom. The molecule has 0 radical (unpaired) electrons. The highest BCUT2D eigenvalue weighted by atomic mass is 16.6. The van der Waals surface area contributed by atoms with Crippen molar-refractivity contribution < 1.29 is 9.85 Å². The monoisotopic (exact) mass is 338 g/mol. The zero-order valence-corrected chi connectivity index (χ0v) is 13.9. The van der Waals surface area contributed by atoms with Crippen LogP contribution >= 0.6 is 0 Å². The number of hydrogen-bond acceptors (Lipinski definition) is 6. The molecule has 0 spiro atoms. The van der Waals surface area contributed by atoms with E-state index in [2.05, 4.69) is 10.6 Å². The molecule has 0 saturated heterocycles. The summed E-state index contributed by atoms with van der Waals surface area (Å²) < 4.78 is 0. The topological polar surface area (TPSA) is 110 Å². The summed E-state index contributed by atoms with van der Waals surface area (Å²) in [7, 11) is 0. The van der Waals surface area contributed by atoms with Gasteiger partial charge in [0.05, 0.1) is 22.2 Å². The number of nitrogens with zero attached hydrogens (tertiary/aromatic N) is 2. The fraction of sp³-hybridized carbons (Fsp3) is 0.750. The molecule has 134 valence electrons. The van der Waals surface area contributed by atoms with Gasteiger partial charge in [-0.2, -0.15) is 0 Å². The predicted octanol–water partition coefficient (Wildman–Crippen LogP) is 3.07. The van der Waals surface area contributed by atoms with Gasteiger partial charge in [-0.25, -0.2) is 0 Å². The average molecular weight is 338 g/mol. The van der Waals surface area contributed by atoms with Crippen molar-refractivity contribution in [2.45, 2.75) is 76.3 Å². The second-order valence-electron chi connectivity index (χ2n) is 6.58. The largest absolute Gasteiger partial charge is 0.382 e. The Kier molecular flexibility index (Phi) is 7.02. The third-order valence-electron chi connectivity index (χ3n) is 4.78. The van der Waals surface area contributed by atoms with Gasteiger partial charge in [0.1, 0.15) is 0 Å². The van der Waals surface area contributed by atoms with Crippen LogP contribution in [0.4, 0.5) is 0 Å². The van der Waals surface area contributed by atoms with Gasteiger partial charge in [0.15, 0.2) is 0 Å². The van der Waals surface area contributed by atoms with Gasteiger partial charge in [-0.1, -0.05) is 38.5 Å². The minimum atomic E-state index is -0.687. The average Bonchev–Trinajstić information content (AvgIpc) is 2.59. The lowest BCUT2D eigenvalue weighted by Crippen LogP contribution is -2.29. The second-order valence-corrected chi connectivity index (χ2v) is 6.58. The number of hydrogen-bond donors (Lipinski definition) is 2. The molecule has 0 aromatic rings. The maximum absolute atomic E-state index is 11.3. The van der Waals surface area contributed by atoms with Crippen LogP contribution in [0.2, 0.25) is 0 Å². The van der Waals surface area contributed by atoms with E-state index in [1.165, 1.54) is 25.2 Å². The Morgan fingerprint density at radius 1 is 0.708 bits per heavy atom. The van der Waals surface area contributed by atoms with Gasteiger partial charge >= 0.3 is 11.4 Å². The Hall–Kier alpha value is -2.12. The van der Waals surface area contributed by atoms with Crippen LogP contribution in [-0.4, -0.2) is 21.9 Å². The van der Waals surface area contributed by atoms with Crippen molar-refractivity contribution in [1.29, 1.82) is 0 Å². The fourth-order valence-corrected chi connectivity index (χ4v) is 3.37. The zero-order valence-electron chi connectivity index (χ0n) is 13.9. The molecule has 0 atom stereocenters. The summed E-state index contributed by atoms with van der Waals surface area (Å²) in [6, 6.07) is 0.320. The maximum atomic E-state index is 11.3. The van der Waals surface area contributed by atoms with Crippen LogP contribution in [0.3, 0.4) is 0 Å². The molecule has 0 amide bonds. The minimum absolute atomic E-state index is 0.160. The molecule has 2 saturated carbocycles. The van der Waals surface area contributed by atoms with Crippen LogP contribution in [0.25, 0.3) is 0 Å². The van der Waals surface area contributed by atoms with Crippen molar-refractivity contribution in [3.8, 4) is 0 Å². The molecule has 2 N–H and O–H groups in total. The lowest BCUT2D eigenvalue weighted by atomic mass is 9.95. The van der Waals surface area contributed by atoms with E-state index >= 15 is 0 Å². The van der Waals surface area contributed by atoms with Crippen LogP contribution in [0.15, 0.2) is 23.8 Å². The van der Waals surface area contributed by atoms with Crippen LogP contribution in [0, 0.1) is 20.2 Å². The number of nitrogens with one attached hydrogen (secondary N) is 2. The highest BCUT2D eigenvalue weighted by Crippen LogP contribution is 2.20. The van der Waals surface area contributed by atoms with Gasteiger partial charge in [-0.3, -0.25) is 20.2 Å². The molecule has 0 aliphatic heterocycles. The lowest BCUT2D eigenvalue weighted by molar-refractivity contribution is -0.480. The smallest absolute Gasteiger partial charge is 0.363 e. The first-order chi connectivity index (χ1) is 11.6. The molecule has 0 aromatic carbocycles. The SMILES string of the molecule is O=[N+]([O-])C(=C\NC1CCCCC1)/C(=C/NC1CCCCC1)[N+](=O)[O-]. The standard InChI is InChI=1S/C16H26N4O4/c21-19(22)15(11-17-13-7-3-1-4-8-13)16(20(23)24)12-18-14-9-5-2-6-10-14/h11-14,17-18H,1-10H2/b15-11-,16-12-. The molecule has 2 aliphatic rings. The van der Waals surface area contributed by atoms with Gasteiger partial charge in [0, 0.05) is 12.1 Å². The Morgan fingerprint density at radius 2 is 1.04 bits per heavy atom. The quantitative estimate of drug-likeness (QED) is 0.419.